The van der Waals surface area contributed by atoms with Crippen molar-refractivity contribution < 1.29 is 14.7 Å². The Kier molecular flexibility index (Phi) is 5.90. The third kappa shape index (κ3) is 4.86. The Hall–Kier alpha value is -3.40. The summed E-state index contributed by atoms with van der Waals surface area (Å²) in [6.45, 7) is 3.82. The highest BCUT2D eigenvalue weighted by molar-refractivity contribution is 5.97. The zero-order valence-electron chi connectivity index (χ0n) is 16.0. The van der Waals surface area contributed by atoms with E-state index in [0.29, 0.717) is 5.56 Å². The molecule has 4 nitrogen and oxygen atoms in total. The van der Waals surface area contributed by atoms with Crippen molar-refractivity contribution in [3.63, 3.8) is 0 Å². The minimum Gasteiger partial charge on any atom is -0.480 e. The summed E-state index contributed by atoms with van der Waals surface area (Å²) in [4.78, 5) is 24.2. The van der Waals surface area contributed by atoms with Gasteiger partial charge in [0.05, 0.1) is 0 Å². The third-order valence-corrected chi connectivity index (χ3v) is 4.59. The lowest BCUT2D eigenvalue weighted by atomic mass is 10.0. The van der Waals surface area contributed by atoms with Crippen LogP contribution < -0.4 is 5.32 Å². The molecule has 4 heteroatoms. The van der Waals surface area contributed by atoms with Crippen molar-refractivity contribution in [2.75, 3.05) is 0 Å². The molecule has 0 saturated carbocycles. The number of nitrogens with one attached hydrogen (secondary N) is 1. The lowest BCUT2D eigenvalue weighted by molar-refractivity contribution is -0.139. The number of hydrogen-bond acceptors (Lipinski definition) is 2. The molecular weight excluding hydrogens is 350 g/mol. The highest BCUT2D eigenvalue weighted by Crippen LogP contribution is 2.20. The quantitative estimate of drug-likeness (QED) is 0.673. The smallest absolute Gasteiger partial charge is 0.326 e. The number of aryl methyl sites for hydroxylation is 2. The molecule has 1 unspecified atom stereocenters. The Morgan fingerprint density at radius 2 is 1.43 bits per heavy atom. The van der Waals surface area contributed by atoms with Crippen LogP contribution in [0.1, 0.15) is 27.0 Å². The van der Waals surface area contributed by atoms with Gasteiger partial charge < -0.3 is 10.4 Å². The summed E-state index contributed by atoms with van der Waals surface area (Å²) in [5, 5.41) is 12.2. The van der Waals surface area contributed by atoms with Crippen LogP contribution >= 0.6 is 0 Å². The van der Waals surface area contributed by atoms with E-state index in [4.69, 9.17) is 0 Å². The fourth-order valence-electron chi connectivity index (χ4n) is 3.25. The molecule has 0 aliphatic rings. The first-order valence-corrected chi connectivity index (χ1v) is 9.19. The van der Waals surface area contributed by atoms with Gasteiger partial charge in [0.1, 0.15) is 6.04 Å². The van der Waals surface area contributed by atoms with Crippen LogP contribution in [0.15, 0.2) is 72.8 Å². The van der Waals surface area contributed by atoms with Crippen LogP contribution in [0.3, 0.4) is 0 Å². The molecule has 3 aromatic carbocycles. The Balaban J connectivity index is 1.72. The first kappa shape index (κ1) is 19.4. The minimum atomic E-state index is -1.05. The normalized spacial score (nSPS) is 11.6. The van der Waals surface area contributed by atoms with Gasteiger partial charge >= 0.3 is 5.97 Å². The molecule has 0 spiro atoms. The van der Waals surface area contributed by atoms with E-state index < -0.39 is 12.0 Å². The first-order valence-electron chi connectivity index (χ1n) is 9.19. The number of carboxylic acid groups (broad SMARTS) is 1. The minimum absolute atomic E-state index is 0.223. The summed E-state index contributed by atoms with van der Waals surface area (Å²) in [5.41, 5.74) is 5.43. The van der Waals surface area contributed by atoms with E-state index in [-0.39, 0.29) is 12.3 Å². The van der Waals surface area contributed by atoms with Crippen molar-refractivity contribution in [1.29, 1.82) is 0 Å². The van der Waals surface area contributed by atoms with Crippen LogP contribution in [0.4, 0.5) is 0 Å². The molecule has 0 heterocycles. The van der Waals surface area contributed by atoms with Crippen molar-refractivity contribution in [1.82, 2.24) is 5.32 Å². The first-order chi connectivity index (χ1) is 13.4. The molecule has 3 rings (SSSR count). The second-order valence-corrected chi connectivity index (χ2v) is 7.01. The second-order valence-electron chi connectivity index (χ2n) is 7.01. The van der Waals surface area contributed by atoms with Crippen molar-refractivity contribution in [2.24, 2.45) is 0 Å². The van der Waals surface area contributed by atoms with E-state index >= 15 is 0 Å². The summed E-state index contributed by atoms with van der Waals surface area (Å²) in [5.74, 6) is -1.43. The predicted molar refractivity (Wildman–Crippen MR) is 110 cm³/mol. The lowest BCUT2D eigenvalue weighted by Gasteiger charge is -2.15. The Morgan fingerprint density at radius 3 is 2.00 bits per heavy atom. The van der Waals surface area contributed by atoms with Gasteiger partial charge in [-0.2, -0.15) is 0 Å². The lowest BCUT2D eigenvalue weighted by Crippen LogP contribution is -2.42. The second kappa shape index (κ2) is 8.53. The molecule has 28 heavy (non-hydrogen) atoms. The molecular formula is C24H23NO3. The van der Waals surface area contributed by atoms with E-state index in [9.17, 15) is 14.7 Å². The summed E-state index contributed by atoms with van der Waals surface area (Å²) < 4.78 is 0. The van der Waals surface area contributed by atoms with Crippen LogP contribution in [-0.2, 0) is 11.2 Å². The van der Waals surface area contributed by atoms with Gasteiger partial charge in [-0.1, -0.05) is 71.8 Å². The van der Waals surface area contributed by atoms with Crippen molar-refractivity contribution in [3.05, 3.63) is 95.1 Å². The molecule has 0 radical (unpaired) electrons. The summed E-state index contributed by atoms with van der Waals surface area (Å²) in [7, 11) is 0. The molecule has 3 aromatic rings. The van der Waals surface area contributed by atoms with E-state index in [1.165, 1.54) is 0 Å². The van der Waals surface area contributed by atoms with E-state index in [1.807, 2.05) is 74.5 Å². The number of carboxylic acids is 1. The molecule has 1 amide bonds. The van der Waals surface area contributed by atoms with Crippen molar-refractivity contribution >= 4 is 11.9 Å². The molecule has 0 fully saturated rings. The van der Waals surface area contributed by atoms with Gasteiger partial charge in [0, 0.05) is 12.0 Å². The van der Waals surface area contributed by atoms with E-state index in [0.717, 1.165) is 27.8 Å². The largest absolute Gasteiger partial charge is 0.480 e. The van der Waals surface area contributed by atoms with Crippen molar-refractivity contribution in [3.8, 4) is 11.1 Å². The Bertz CT molecular complexity index is 958. The van der Waals surface area contributed by atoms with Crippen LogP contribution in [0.25, 0.3) is 11.1 Å². The summed E-state index contributed by atoms with van der Waals surface area (Å²) in [6, 6.07) is 22.2. The van der Waals surface area contributed by atoms with Crippen LogP contribution in [0, 0.1) is 13.8 Å². The molecule has 0 bridgehead atoms. The summed E-state index contributed by atoms with van der Waals surface area (Å²) >= 11 is 0. The molecule has 0 saturated heterocycles. The maximum absolute atomic E-state index is 12.5. The molecule has 2 N–H and O–H groups in total. The number of aliphatic carboxylic acids is 1. The molecule has 0 aliphatic heterocycles. The molecule has 1 atom stereocenters. The number of carbonyl (C=O) groups excluding carboxylic acids is 1. The number of rotatable bonds is 6. The van der Waals surface area contributed by atoms with Gasteiger partial charge in [-0.25, -0.2) is 4.79 Å². The van der Waals surface area contributed by atoms with Gasteiger partial charge in [0.15, 0.2) is 0 Å². The number of carbonyl (C=O) groups is 2. The van der Waals surface area contributed by atoms with Crippen LogP contribution in [-0.4, -0.2) is 23.0 Å². The number of amides is 1. The SMILES string of the molecule is Cc1cc(C)cc(C(=O)NC(Cc2ccc(-c3ccccc3)cc2)C(=O)O)c1. The fourth-order valence-corrected chi connectivity index (χ4v) is 3.25. The highest BCUT2D eigenvalue weighted by atomic mass is 16.4. The van der Waals surface area contributed by atoms with E-state index in [2.05, 4.69) is 5.32 Å². The topological polar surface area (TPSA) is 66.4 Å². The molecule has 142 valence electrons. The average Bonchev–Trinajstić information content (AvgIpc) is 2.68. The van der Waals surface area contributed by atoms with Gasteiger partial charge in [-0.05, 0) is 42.7 Å². The van der Waals surface area contributed by atoms with Gasteiger partial charge in [0.25, 0.3) is 5.91 Å². The number of hydrogen-bond donors (Lipinski definition) is 2. The Labute approximate surface area is 164 Å². The van der Waals surface area contributed by atoms with Gasteiger partial charge in [0.2, 0.25) is 0 Å². The standard InChI is InChI=1S/C24H23NO3/c1-16-12-17(2)14-21(13-16)23(26)25-22(24(27)28)15-18-8-10-20(11-9-18)19-6-4-3-5-7-19/h3-14,22H,15H2,1-2H3,(H,25,26)(H,27,28). The molecule has 0 aliphatic carbocycles. The molecule has 0 aromatic heterocycles. The summed E-state index contributed by atoms with van der Waals surface area (Å²) in [6.07, 6.45) is 0.223. The fraction of sp³-hybridized carbons (Fsp3) is 0.167. The monoisotopic (exact) mass is 373 g/mol. The maximum atomic E-state index is 12.5. The van der Waals surface area contributed by atoms with E-state index in [1.54, 1.807) is 12.1 Å². The van der Waals surface area contributed by atoms with Gasteiger partial charge in [-0.15, -0.1) is 0 Å². The van der Waals surface area contributed by atoms with Crippen LogP contribution in [0.5, 0.6) is 0 Å². The maximum Gasteiger partial charge on any atom is 0.326 e. The Morgan fingerprint density at radius 1 is 0.857 bits per heavy atom. The van der Waals surface area contributed by atoms with Gasteiger partial charge in [-0.3, -0.25) is 4.79 Å². The average molecular weight is 373 g/mol. The predicted octanol–water partition coefficient (Wildman–Crippen LogP) is 4.40. The zero-order valence-corrected chi connectivity index (χ0v) is 16.0. The van der Waals surface area contributed by atoms with Crippen LogP contribution in [0.2, 0.25) is 0 Å². The zero-order chi connectivity index (χ0) is 20.1. The number of benzene rings is 3. The third-order valence-electron chi connectivity index (χ3n) is 4.59. The highest BCUT2D eigenvalue weighted by Gasteiger charge is 2.21. The van der Waals surface area contributed by atoms with Crippen molar-refractivity contribution in [2.45, 2.75) is 26.3 Å².